The van der Waals surface area contributed by atoms with Gasteiger partial charge in [0.25, 0.3) is 0 Å². The quantitative estimate of drug-likeness (QED) is 0.786. The van der Waals surface area contributed by atoms with Gasteiger partial charge in [-0.1, -0.05) is 24.3 Å². The normalized spacial score (nSPS) is 10.7. The molecule has 2 aromatic carbocycles. The highest BCUT2D eigenvalue weighted by atomic mass is 19.1. The largest absolute Gasteiger partial charge is 0.496 e. The molecular formula is C18H17FN2O. The molecule has 112 valence electrons. The van der Waals surface area contributed by atoms with Crippen LogP contribution in [-0.4, -0.2) is 17.1 Å². The van der Waals surface area contributed by atoms with Gasteiger partial charge in [-0.25, -0.2) is 9.37 Å². The fourth-order valence-corrected chi connectivity index (χ4v) is 2.62. The van der Waals surface area contributed by atoms with E-state index in [-0.39, 0.29) is 5.82 Å². The molecular weight excluding hydrogens is 279 g/mol. The SMILES string of the molecule is COc1cc(-c2ccccc2F)c(Cc2ncc[nH]2)cc1C. The zero-order chi connectivity index (χ0) is 15.5. The highest BCUT2D eigenvalue weighted by Gasteiger charge is 2.14. The molecule has 0 radical (unpaired) electrons. The first-order chi connectivity index (χ1) is 10.7. The fourth-order valence-electron chi connectivity index (χ4n) is 2.62. The summed E-state index contributed by atoms with van der Waals surface area (Å²) in [5.41, 5.74) is 3.43. The molecule has 0 spiro atoms. The molecule has 22 heavy (non-hydrogen) atoms. The lowest BCUT2D eigenvalue weighted by Crippen LogP contribution is -1.99. The van der Waals surface area contributed by atoms with E-state index in [1.165, 1.54) is 6.07 Å². The molecule has 0 saturated carbocycles. The van der Waals surface area contributed by atoms with Crippen molar-refractivity contribution < 1.29 is 9.13 Å². The Hall–Kier alpha value is -2.62. The van der Waals surface area contributed by atoms with Gasteiger partial charge in [0.2, 0.25) is 0 Å². The summed E-state index contributed by atoms with van der Waals surface area (Å²) in [4.78, 5) is 7.35. The summed E-state index contributed by atoms with van der Waals surface area (Å²) in [6.07, 6.45) is 4.12. The van der Waals surface area contributed by atoms with E-state index in [2.05, 4.69) is 9.97 Å². The van der Waals surface area contributed by atoms with Gasteiger partial charge in [0.05, 0.1) is 7.11 Å². The van der Waals surface area contributed by atoms with E-state index < -0.39 is 0 Å². The van der Waals surface area contributed by atoms with Crippen molar-refractivity contribution in [3.05, 3.63) is 71.6 Å². The molecule has 0 amide bonds. The van der Waals surface area contributed by atoms with Crippen molar-refractivity contribution in [2.45, 2.75) is 13.3 Å². The second kappa shape index (κ2) is 6.02. The summed E-state index contributed by atoms with van der Waals surface area (Å²) in [6, 6.07) is 10.7. The first kappa shape index (κ1) is 14.3. The van der Waals surface area contributed by atoms with Crippen molar-refractivity contribution in [1.29, 1.82) is 0 Å². The van der Waals surface area contributed by atoms with Crippen LogP contribution in [0, 0.1) is 12.7 Å². The molecule has 0 aliphatic rings. The summed E-state index contributed by atoms with van der Waals surface area (Å²) in [5, 5.41) is 0. The van der Waals surface area contributed by atoms with Crippen LogP contribution < -0.4 is 4.74 Å². The fraction of sp³-hybridized carbons (Fsp3) is 0.167. The number of rotatable bonds is 4. The topological polar surface area (TPSA) is 37.9 Å². The first-order valence-corrected chi connectivity index (χ1v) is 7.09. The maximum atomic E-state index is 14.2. The van der Waals surface area contributed by atoms with E-state index in [1.807, 2.05) is 25.1 Å². The van der Waals surface area contributed by atoms with Gasteiger partial charge in [-0.05, 0) is 35.7 Å². The van der Waals surface area contributed by atoms with Crippen LogP contribution in [0.15, 0.2) is 48.8 Å². The molecule has 0 bridgehead atoms. The molecule has 4 heteroatoms. The van der Waals surface area contributed by atoms with E-state index in [1.54, 1.807) is 31.6 Å². The second-order valence-electron chi connectivity index (χ2n) is 5.17. The molecule has 3 nitrogen and oxygen atoms in total. The van der Waals surface area contributed by atoms with Gasteiger partial charge < -0.3 is 9.72 Å². The van der Waals surface area contributed by atoms with Gasteiger partial charge >= 0.3 is 0 Å². The molecule has 0 unspecified atom stereocenters. The Morgan fingerprint density at radius 3 is 2.68 bits per heavy atom. The average molecular weight is 296 g/mol. The summed E-state index contributed by atoms with van der Waals surface area (Å²) in [7, 11) is 1.62. The summed E-state index contributed by atoms with van der Waals surface area (Å²) in [6.45, 7) is 1.98. The van der Waals surface area contributed by atoms with Gasteiger partial charge in [-0.2, -0.15) is 0 Å². The Morgan fingerprint density at radius 2 is 2.00 bits per heavy atom. The number of methoxy groups -OCH3 is 1. The summed E-state index contributed by atoms with van der Waals surface area (Å²) in [5.74, 6) is 1.36. The Bertz CT molecular complexity index is 782. The Kier molecular flexibility index (Phi) is 3.92. The van der Waals surface area contributed by atoms with Crippen molar-refractivity contribution in [2.75, 3.05) is 7.11 Å². The number of aromatic amines is 1. The van der Waals surface area contributed by atoms with Gasteiger partial charge in [0, 0.05) is 24.4 Å². The first-order valence-electron chi connectivity index (χ1n) is 7.09. The molecule has 1 aromatic heterocycles. The summed E-state index contributed by atoms with van der Waals surface area (Å²) < 4.78 is 19.6. The third-order valence-electron chi connectivity index (χ3n) is 3.70. The van der Waals surface area contributed by atoms with Crippen molar-refractivity contribution in [2.24, 2.45) is 0 Å². The molecule has 0 saturated heterocycles. The molecule has 1 N–H and O–H groups in total. The zero-order valence-electron chi connectivity index (χ0n) is 12.6. The molecule has 0 fully saturated rings. The average Bonchev–Trinajstić information content (AvgIpc) is 3.01. The van der Waals surface area contributed by atoms with Crippen LogP contribution >= 0.6 is 0 Å². The van der Waals surface area contributed by atoms with Crippen molar-refractivity contribution in [3.8, 4) is 16.9 Å². The third kappa shape index (κ3) is 2.72. The van der Waals surface area contributed by atoms with Crippen LogP contribution in [-0.2, 0) is 6.42 Å². The van der Waals surface area contributed by atoms with Crippen molar-refractivity contribution in [1.82, 2.24) is 9.97 Å². The lowest BCUT2D eigenvalue weighted by Gasteiger charge is -2.14. The predicted octanol–water partition coefficient (Wildman–Crippen LogP) is 4.12. The summed E-state index contributed by atoms with van der Waals surface area (Å²) >= 11 is 0. The van der Waals surface area contributed by atoms with Gasteiger partial charge in [-0.15, -0.1) is 0 Å². The van der Waals surface area contributed by atoms with E-state index >= 15 is 0 Å². The van der Waals surface area contributed by atoms with E-state index in [0.717, 1.165) is 28.3 Å². The number of aromatic nitrogens is 2. The predicted molar refractivity (Wildman–Crippen MR) is 84.5 cm³/mol. The highest BCUT2D eigenvalue weighted by molar-refractivity contribution is 5.71. The molecule has 1 heterocycles. The van der Waals surface area contributed by atoms with E-state index in [0.29, 0.717) is 12.0 Å². The minimum absolute atomic E-state index is 0.242. The molecule has 3 rings (SSSR count). The lowest BCUT2D eigenvalue weighted by molar-refractivity contribution is 0.411. The number of ether oxygens (including phenoxy) is 1. The molecule has 0 atom stereocenters. The van der Waals surface area contributed by atoms with E-state index in [4.69, 9.17) is 4.74 Å². The second-order valence-corrected chi connectivity index (χ2v) is 5.17. The van der Waals surface area contributed by atoms with Gasteiger partial charge in [-0.3, -0.25) is 0 Å². The number of benzene rings is 2. The zero-order valence-corrected chi connectivity index (χ0v) is 12.6. The number of imidazole rings is 1. The lowest BCUT2D eigenvalue weighted by atomic mass is 9.94. The number of nitrogens with zero attached hydrogens (tertiary/aromatic N) is 1. The van der Waals surface area contributed by atoms with Crippen LogP contribution in [0.25, 0.3) is 11.1 Å². The van der Waals surface area contributed by atoms with Gasteiger partial charge in [0.15, 0.2) is 0 Å². The van der Waals surface area contributed by atoms with Crippen molar-refractivity contribution >= 4 is 0 Å². The smallest absolute Gasteiger partial charge is 0.131 e. The molecule has 0 aliphatic heterocycles. The molecule has 0 aliphatic carbocycles. The minimum atomic E-state index is -0.242. The van der Waals surface area contributed by atoms with E-state index in [9.17, 15) is 4.39 Å². The van der Waals surface area contributed by atoms with Crippen molar-refractivity contribution in [3.63, 3.8) is 0 Å². The molecule has 3 aromatic rings. The number of hydrogen-bond acceptors (Lipinski definition) is 2. The highest BCUT2D eigenvalue weighted by Crippen LogP contribution is 2.33. The Balaban J connectivity index is 2.15. The monoisotopic (exact) mass is 296 g/mol. The van der Waals surface area contributed by atoms with Crippen LogP contribution in [0.5, 0.6) is 5.75 Å². The Morgan fingerprint density at radius 1 is 1.18 bits per heavy atom. The number of aryl methyl sites for hydroxylation is 1. The van der Waals surface area contributed by atoms with Crippen LogP contribution in [0.2, 0.25) is 0 Å². The van der Waals surface area contributed by atoms with Gasteiger partial charge in [0.1, 0.15) is 17.4 Å². The number of H-pyrrole nitrogens is 1. The van der Waals surface area contributed by atoms with Crippen LogP contribution in [0.4, 0.5) is 4.39 Å². The number of nitrogens with one attached hydrogen (secondary N) is 1. The third-order valence-corrected chi connectivity index (χ3v) is 3.70. The maximum Gasteiger partial charge on any atom is 0.131 e. The van der Waals surface area contributed by atoms with Crippen LogP contribution in [0.3, 0.4) is 0 Å². The Labute approximate surface area is 128 Å². The minimum Gasteiger partial charge on any atom is -0.496 e. The van der Waals surface area contributed by atoms with Crippen LogP contribution in [0.1, 0.15) is 17.0 Å². The maximum absolute atomic E-state index is 14.2. The number of halogens is 1. The number of hydrogen-bond donors (Lipinski definition) is 1. The standard InChI is InChI=1S/C18H17FN2O/c1-12-9-13(10-18-20-7-8-21-18)15(11-17(12)22-2)14-5-3-4-6-16(14)19/h3-9,11H,10H2,1-2H3,(H,20,21).